The van der Waals surface area contributed by atoms with Crippen molar-refractivity contribution in [3.05, 3.63) is 53.6 Å². The Balaban J connectivity index is 1.85. The fourth-order valence-electron chi connectivity index (χ4n) is 3.30. The molecule has 5 nitrogen and oxygen atoms in total. The van der Waals surface area contributed by atoms with Crippen molar-refractivity contribution in [3.8, 4) is 6.07 Å². The normalized spacial score (nSPS) is 17.6. The standard InChI is InChI=1S/C20H23N3O2S/c1-15-5-8-19(9-6-15)26(24,25)22-18-7-10-20(17(12-18)13-21)23-11-3-4-16(2)14-23/h5-10,12,16,22H,3-4,11,14H2,1-2H3. The molecule has 136 valence electrons. The Labute approximate surface area is 155 Å². The zero-order chi connectivity index (χ0) is 18.7. The molecule has 26 heavy (non-hydrogen) atoms. The van der Waals surface area contributed by atoms with E-state index in [9.17, 15) is 13.7 Å². The Morgan fingerprint density at radius 2 is 1.92 bits per heavy atom. The van der Waals surface area contributed by atoms with Crippen molar-refractivity contribution in [1.82, 2.24) is 0 Å². The number of nitrogens with one attached hydrogen (secondary N) is 1. The zero-order valence-electron chi connectivity index (χ0n) is 15.1. The third-order valence-corrected chi connectivity index (χ3v) is 6.10. The minimum absolute atomic E-state index is 0.204. The molecule has 1 heterocycles. The van der Waals surface area contributed by atoms with Gasteiger partial charge in [0.05, 0.1) is 21.8 Å². The molecule has 1 aliphatic rings. The summed E-state index contributed by atoms with van der Waals surface area (Å²) in [5, 5.41) is 9.53. The monoisotopic (exact) mass is 369 g/mol. The van der Waals surface area contributed by atoms with E-state index in [0.717, 1.165) is 30.8 Å². The minimum Gasteiger partial charge on any atom is -0.370 e. The number of anilines is 2. The summed E-state index contributed by atoms with van der Waals surface area (Å²) in [5.74, 6) is 0.593. The van der Waals surface area contributed by atoms with Gasteiger partial charge in [-0.05, 0) is 56.0 Å². The SMILES string of the molecule is Cc1ccc(S(=O)(=O)Nc2ccc(N3CCCC(C)C3)c(C#N)c2)cc1. The van der Waals surface area contributed by atoms with Gasteiger partial charge in [0.25, 0.3) is 10.0 Å². The van der Waals surface area contributed by atoms with Gasteiger partial charge in [-0.15, -0.1) is 0 Å². The number of benzene rings is 2. The Morgan fingerprint density at radius 1 is 1.19 bits per heavy atom. The lowest BCUT2D eigenvalue weighted by atomic mass is 9.99. The predicted octanol–water partition coefficient (Wildman–Crippen LogP) is 3.90. The second kappa shape index (κ2) is 7.38. The average Bonchev–Trinajstić information content (AvgIpc) is 2.61. The molecular formula is C20H23N3O2S. The topological polar surface area (TPSA) is 73.2 Å². The fourth-order valence-corrected chi connectivity index (χ4v) is 4.35. The molecule has 6 heteroatoms. The molecule has 2 aromatic rings. The Hall–Kier alpha value is -2.52. The van der Waals surface area contributed by atoms with Crippen LogP contribution in [0.25, 0.3) is 0 Å². The lowest BCUT2D eigenvalue weighted by Gasteiger charge is -2.33. The summed E-state index contributed by atoms with van der Waals surface area (Å²) in [6.07, 6.45) is 2.31. The van der Waals surface area contributed by atoms with E-state index in [1.165, 1.54) is 6.42 Å². The number of aryl methyl sites for hydroxylation is 1. The molecule has 0 aliphatic carbocycles. The molecule has 1 aliphatic heterocycles. The summed E-state index contributed by atoms with van der Waals surface area (Å²) in [5.41, 5.74) is 2.76. The van der Waals surface area contributed by atoms with Crippen LogP contribution >= 0.6 is 0 Å². The van der Waals surface area contributed by atoms with E-state index in [-0.39, 0.29) is 4.90 Å². The van der Waals surface area contributed by atoms with E-state index in [1.807, 2.05) is 13.0 Å². The van der Waals surface area contributed by atoms with Crippen LogP contribution in [0.15, 0.2) is 47.4 Å². The summed E-state index contributed by atoms with van der Waals surface area (Å²) in [4.78, 5) is 2.42. The first kappa shape index (κ1) is 18.3. The highest BCUT2D eigenvalue weighted by Gasteiger charge is 2.20. The first-order chi connectivity index (χ1) is 12.4. The maximum absolute atomic E-state index is 12.5. The van der Waals surface area contributed by atoms with Gasteiger partial charge in [0, 0.05) is 13.1 Å². The molecule has 0 saturated carbocycles. The zero-order valence-corrected chi connectivity index (χ0v) is 15.9. The summed E-state index contributed by atoms with van der Waals surface area (Å²) >= 11 is 0. The van der Waals surface area contributed by atoms with Gasteiger partial charge >= 0.3 is 0 Å². The quantitative estimate of drug-likeness (QED) is 0.887. The highest BCUT2D eigenvalue weighted by Crippen LogP contribution is 2.29. The van der Waals surface area contributed by atoms with E-state index >= 15 is 0 Å². The molecule has 1 atom stereocenters. The molecule has 1 fully saturated rings. The summed E-state index contributed by atoms with van der Waals surface area (Å²) in [6, 6.07) is 14.0. The van der Waals surface area contributed by atoms with Gasteiger partial charge in [0.2, 0.25) is 0 Å². The Bertz CT molecular complexity index is 931. The second-order valence-corrected chi connectivity index (χ2v) is 8.64. The number of piperidine rings is 1. The minimum atomic E-state index is -3.67. The number of nitrogens with zero attached hydrogens (tertiary/aromatic N) is 2. The lowest BCUT2D eigenvalue weighted by Crippen LogP contribution is -2.34. The summed E-state index contributed by atoms with van der Waals surface area (Å²) < 4.78 is 27.6. The van der Waals surface area contributed by atoms with Crippen LogP contribution in [-0.2, 0) is 10.0 Å². The maximum Gasteiger partial charge on any atom is 0.261 e. The molecule has 0 aromatic heterocycles. The highest BCUT2D eigenvalue weighted by atomic mass is 32.2. The number of sulfonamides is 1. The van der Waals surface area contributed by atoms with Crippen LogP contribution in [0, 0.1) is 24.2 Å². The Kier molecular flexibility index (Phi) is 5.19. The van der Waals surface area contributed by atoms with Crippen LogP contribution in [0.5, 0.6) is 0 Å². The van der Waals surface area contributed by atoms with Crippen molar-refractivity contribution in [2.75, 3.05) is 22.7 Å². The number of hydrogen-bond acceptors (Lipinski definition) is 4. The van der Waals surface area contributed by atoms with Crippen molar-refractivity contribution >= 4 is 21.4 Å². The van der Waals surface area contributed by atoms with Gasteiger partial charge in [0.1, 0.15) is 6.07 Å². The van der Waals surface area contributed by atoms with Crippen LogP contribution in [-0.4, -0.2) is 21.5 Å². The van der Waals surface area contributed by atoms with Crippen LogP contribution in [0.4, 0.5) is 11.4 Å². The van der Waals surface area contributed by atoms with Gasteiger partial charge < -0.3 is 4.90 Å². The number of nitriles is 1. The Morgan fingerprint density at radius 3 is 2.58 bits per heavy atom. The van der Waals surface area contributed by atoms with Crippen molar-refractivity contribution < 1.29 is 8.42 Å². The predicted molar refractivity (Wildman–Crippen MR) is 104 cm³/mol. The smallest absolute Gasteiger partial charge is 0.261 e. The van der Waals surface area contributed by atoms with E-state index < -0.39 is 10.0 Å². The van der Waals surface area contributed by atoms with Crippen molar-refractivity contribution in [2.45, 2.75) is 31.6 Å². The second-order valence-electron chi connectivity index (χ2n) is 6.96. The van der Waals surface area contributed by atoms with Gasteiger partial charge in [-0.25, -0.2) is 8.42 Å². The van der Waals surface area contributed by atoms with Crippen molar-refractivity contribution in [3.63, 3.8) is 0 Å². The number of rotatable bonds is 4. The van der Waals surface area contributed by atoms with Gasteiger partial charge in [-0.2, -0.15) is 5.26 Å². The van der Waals surface area contributed by atoms with E-state index in [4.69, 9.17) is 0 Å². The molecule has 3 rings (SSSR count). The molecule has 0 spiro atoms. The van der Waals surface area contributed by atoms with Crippen LogP contribution in [0.2, 0.25) is 0 Å². The summed E-state index contributed by atoms with van der Waals surface area (Å²) in [6.45, 7) is 5.96. The third kappa shape index (κ3) is 4.00. The molecule has 1 unspecified atom stereocenters. The molecule has 0 amide bonds. The fraction of sp³-hybridized carbons (Fsp3) is 0.350. The van der Waals surface area contributed by atoms with E-state index in [1.54, 1.807) is 36.4 Å². The van der Waals surface area contributed by atoms with Crippen LogP contribution < -0.4 is 9.62 Å². The number of hydrogen-bond donors (Lipinski definition) is 1. The molecule has 1 N–H and O–H groups in total. The van der Waals surface area contributed by atoms with Crippen LogP contribution in [0.1, 0.15) is 30.9 Å². The highest BCUT2D eigenvalue weighted by molar-refractivity contribution is 7.92. The van der Waals surface area contributed by atoms with Gasteiger partial charge in [0.15, 0.2) is 0 Å². The first-order valence-electron chi connectivity index (χ1n) is 8.77. The van der Waals surface area contributed by atoms with Crippen LogP contribution in [0.3, 0.4) is 0 Å². The largest absolute Gasteiger partial charge is 0.370 e. The third-order valence-electron chi connectivity index (χ3n) is 4.70. The average molecular weight is 369 g/mol. The summed E-state index contributed by atoms with van der Waals surface area (Å²) in [7, 11) is -3.67. The molecule has 0 bridgehead atoms. The lowest BCUT2D eigenvalue weighted by molar-refractivity contribution is 0.446. The van der Waals surface area contributed by atoms with E-state index in [2.05, 4.69) is 22.6 Å². The van der Waals surface area contributed by atoms with Crippen molar-refractivity contribution in [2.24, 2.45) is 5.92 Å². The molecule has 0 radical (unpaired) electrons. The van der Waals surface area contributed by atoms with Gasteiger partial charge in [-0.3, -0.25) is 4.72 Å². The maximum atomic E-state index is 12.5. The molecule has 1 saturated heterocycles. The van der Waals surface area contributed by atoms with E-state index in [0.29, 0.717) is 17.2 Å². The van der Waals surface area contributed by atoms with Crippen molar-refractivity contribution in [1.29, 1.82) is 5.26 Å². The molecular weight excluding hydrogens is 346 g/mol. The first-order valence-corrected chi connectivity index (χ1v) is 10.3. The molecule has 2 aromatic carbocycles. The van der Waals surface area contributed by atoms with Gasteiger partial charge in [-0.1, -0.05) is 24.6 Å².